The molecule has 0 aliphatic heterocycles. The lowest BCUT2D eigenvalue weighted by Crippen LogP contribution is -1.88. The van der Waals surface area contributed by atoms with Crippen molar-refractivity contribution < 1.29 is 0 Å². The van der Waals surface area contributed by atoms with Crippen molar-refractivity contribution in [2.45, 2.75) is 0 Å². The molecule has 0 radical (unpaired) electrons. The van der Waals surface area contributed by atoms with Gasteiger partial charge in [-0.15, -0.1) is 0 Å². The molecule has 2 N–H and O–H groups in total. The summed E-state index contributed by atoms with van der Waals surface area (Å²) >= 11 is 4.93. The largest absolute Gasteiger partial charge is 0.386 e. The molecule has 0 saturated heterocycles. The van der Waals surface area contributed by atoms with Gasteiger partial charge < -0.3 is 10.3 Å². The standard InChI is InChI=1S/C6H8N2S/c1-7-5-3-2-4-8-6(5)9/h2-4,7H,1H3,(H,8,9). The molecular weight excluding hydrogens is 132 g/mol. The number of nitrogens with one attached hydrogen (secondary N) is 2. The first-order chi connectivity index (χ1) is 4.34. The van der Waals surface area contributed by atoms with Crippen molar-refractivity contribution in [2.24, 2.45) is 0 Å². The number of hydrogen-bond donors (Lipinski definition) is 2. The number of pyridine rings is 1. The minimum Gasteiger partial charge on any atom is -0.386 e. The zero-order valence-corrected chi connectivity index (χ0v) is 5.96. The topological polar surface area (TPSA) is 27.8 Å². The van der Waals surface area contributed by atoms with E-state index in [9.17, 15) is 0 Å². The van der Waals surface area contributed by atoms with Gasteiger partial charge >= 0.3 is 0 Å². The maximum atomic E-state index is 4.93. The Hall–Kier alpha value is -0.830. The third-order valence-electron chi connectivity index (χ3n) is 1.09. The molecule has 0 spiro atoms. The molecule has 0 amide bonds. The van der Waals surface area contributed by atoms with Crippen LogP contribution in [0.5, 0.6) is 0 Å². The van der Waals surface area contributed by atoms with Crippen LogP contribution in [-0.4, -0.2) is 12.0 Å². The minimum atomic E-state index is 0.750. The first kappa shape index (κ1) is 6.29. The molecule has 0 unspecified atom stereocenters. The van der Waals surface area contributed by atoms with Crippen molar-refractivity contribution in [3.8, 4) is 0 Å². The van der Waals surface area contributed by atoms with Crippen molar-refractivity contribution in [1.29, 1.82) is 0 Å². The second kappa shape index (κ2) is 2.64. The molecule has 9 heavy (non-hydrogen) atoms. The molecule has 0 atom stereocenters. The van der Waals surface area contributed by atoms with Crippen LogP contribution in [0, 0.1) is 4.64 Å². The molecule has 1 aromatic heterocycles. The van der Waals surface area contributed by atoms with E-state index in [0.29, 0.717) is 0 Å². The van der Waals surface area contributed by atoms with Crippen molar-refractivity contribution in [3.63, 3.8) is 0 Å². The van der Waals surface area contributed by atoms with Crippen LogP contribution in [0.1, 0.15) is 0 Å². The number of H-pyrrole nitrogens is 1. The quantitative estimate of drug-likeness (QED) is 0.582. The van der Waals surface area contributed by atoms with Crippen molar-refractivity contribution in [3.05, 3.63) is 23.0 Å². The van der Waals surface area contributed by atoms with Gasteiger partial charge in [-0.3, -0.25) is 0 Å². The summed E-state index contributed by atoms with van der Waals surface area (Å²) in [6, 6.07) is 3.83. The highest BCUT2D eigenvalue weighted by Gasteiger charge is 1.85. The van der Waals surface area contributed by atoms with Crippen LogP contribution in [0.15, 0.2) is 18.3 Å². The molecule has 3 heteroatoms. The van der Waals surface area contributed by atoms with Gasteiger partial charge in [0, 0.05) is 13.2 Å². The van der Waals surface area contributed by atoms with Crippen LogP contribution < -0.4 is 5.32 Å². The monoisotopic (exact) mass is 140 g/mol. The lowest BCUT2D eigenvalue weighted by molar-refractivity contribution is 1.28. The summed E-state index contributed by atoms with van der Waals surface area (Å²) in [5.41, 5.74) is 0.965. The molecule has 0 aromatic carbocycles. The predicted octanol–water partition coefficient (Wildman–Crippen LogP) is 1.79. The van der Waals surface area contributed by atoms with E-state index < -0.39 is 0 Å². The normalized spacial score (nSPS) is 9.00. The van der Waals surface area contributed by atoms with Gasteiger partial charge in [-0.1, -0.05) is 12.2 Å². The molecular formula is C6H8N2S. The molecule has 1 heterocycles. The van der Waals surface area contributed by atoms with E-state index >= 15 is 0 Å². The minimum absolute atomic E-state index is 0.750. The lowest BCUT2D eigenvalue weighted by Gasteiger charge is -1.95. The zero-order valence-electron chi connectivity index (χ0n) is 5.14. The fourth-order valence-electron chi connectivity index (χ4n) is 0.618. The van der Waals surface area contributed by atoms with Gasteiger partial charge in [-0.05, 0) is 12.1 Å². The van der Waals surface area contributed by atoms with Gasteiger partial charge in [0.1, 0.15) is 4.64 Å². The first-order valence-electron chi connectivity index (χ1n) is 2.70. The lowest BCUT2D eigenvalue weighted by atomic mass is 10.4. The number of rotatable bonds is 1. The average molecular weight is 140 g/mol. The predicted molar refractivity (Wildman–Crippen MR) is 41.2 cm³/mol. The van der Waals surface area contributed by atoms with Crippen molar-refractivity contribution in [2.75, 3.05) is 12.4 Å². The second-order valence-electron chi connectivity index (χ2n) is 1.66. The highest BCUT2D eigenvalue weighted by atomic mass is 32.1. The van der Waals surface area contributed by atoms with E-state index in [0.717, 1.165) is 10.3 Å². The molecule has 0 aliphatic rings. The molecule has 0 bridgehead atoms. The molecule has 1 aromatic rings. The third kappa shape index (κ3) is 1.29. The summed E-state index contributed by atoms with van der Waals surface area (Å²) in [6.45, 7) is 0. The van der Waals surface area contributed by atoms with Crippen LogP contribution >= 0.6 is 12.2 Å². The van der Waals surface area contributed by atoms with Gasteiger partial charge in [0.15, 0.2) is 0 Å². The Balaban J connectivity index is 3.16. The highest BCUT2D eigenvalue weighted by molar-refractivity contribution is 7.71. The zero-order chi connectivity index (χ0) is 6.69. The van der Waals surface area contributed by atoms with E-state index in [2.05, 4.69) is 10.3 Å². The summed E-state index contributed by atoms with van der Waals surface area (Å²) in [6.07, 6.45) is 1.81. The summed E-state index contributed by atoms with van der Waals surface area (Å²) in [5.74, 6) is 0. The molecule has 1 rings (SSSR count). The second-order valence-corrected chi connectivity index (χ2v) is 2.07. The number of aromatic amines is 1. The Kier molecular flexibility index (Phi) is 1.85. The summed E-state index contributed by atoms with van der Waals surface area (Å²) in [4.78, 5) is 2.90. The number of anilines is 1. The molecule has 48 valence electrons. The van der Waals surface area contributed by atoms with E-state index in [1.807, 2.05) is 25.4 Å². The number of aromatic nitrogens is 1. The maximum Gasteiger partial charge on any atom is 0.126 e. The highest BCUT2D eigenvalue weighted by Crippen LogP contribution is 2.03. The SMILES string of the molecule is CNc1ccc[nH]c1=S. The van der Waals surface area contributed by atoms with Gasteiger partial charge in [-0.25, -0.2) is 0 Å². The summed E-state index contributed by atoms with van der Waals surface area (Å²) in [5, 5.41) is 2.96. The van der Waals surface area contributed by atoms with Gasteiger partial charge in [0.25, 0.3) is 0 Å². The Labute approximate surface area is 58.9 Å². The Morgan fingerprint density at radius 3 is 2.89 bits per heavy atom. The Morgan fingerprint density at radius 1 is 1.67 bits per heavy atom. The van der Waals surface area contributed by atoms with E-state index in [1.54, 1.807) is 0 Å². The van der Waals surface area contributed by atoms with Crippen LogP contribution in [0.4, 0.5) is 5.69 Å². The fraction of sp³-hybridized carbons (Fsp3) is 0.167. The van der Waals surface area contributed by atoms with Crippen molar-refractivity contribution >= 4 is 17.9 Å². The first-order valence-corrected chi connectivity index (χ1v) is 3.11. The van der Waals surface area contributed by atoms with E-state index in [1.165, 1.54) is 0 Å². The molecule has 2 nitrogen and oxygen atoms in total. The van der Waals surface area contributed by atoms with Crippen LogP contribution in [0.2, 0.25) is 0 Å². The molecule has 0 saturated carbocycles. The van der Waals surface area contributed by atoms with Crippen LogP contribution in [0.25, 0.3) is 0 Å². The molecule has 0 aliphatic carbocycles. The maximum absolute atomic E-state index is 4.93. The number of hydrogen-bond acceptors (Lipinski definition) is 2. The van der Waals surface area contributed by atoms with E-state index in [-0.39, 0.29) is 0 Å². The fourth-order valence-corrected chi connectivity index (χ4v) is 0.857. The Morgan fingerprint density at radius 2 is 2.44 bits per heavy atom. The third-order valence-corrected chi connectivity index (χ3v) is 1.43. The van der Waals surface area contributed by atoms with Crippen molar-refractivity contribution in [1.82, 2.24) is 4.98 Å². The van der Waals surface area contributed by atoms with Gasteiger partial charge in [-0.2, -0.15) is 0 Å². The van der Waals surface area contributed by atoms with Gasteiger partial charge in [0.05, 0.1) is 5.69 Å². The van der Waals surface area contributed by atoms with Gasteiger partial charge in [0.2, 0.25) is 0 Å². The molecule has 0 fully saturated rings. The smallest absolute Gasteiger partial charge is 0.126 e. The summed E-state index contributed by atoms with van der Waals surface area (Å²) in [7, 11) is 1.85. The van der Waals surface area contributed by atoms with Crippen LogP contribution in [-0.2, 0) is 0 Å². The average Bonchev–Trinajstić information content (AvgIpc) is 1.89. The van der Waals surface area contributed by atoms with Crippen LogP contribution in [0.3, 0.4) is 0 Å². The summed E-state index contributed by atoms with van der Waals surface area (Å²) < 4.78 is 0.750. The Bertz CT molecular complexity index is 241. The van der Waals surface area contributed by atoms with E-state index in [4.69, 9.17) is 12.2 Å².